The monoisotopic (exact) mass is 361 g/mol. The zero-order chi connectivity index (χ0) is 18.2. The van der Waals surface area contributed by atoms with Gasteiger partial charge in [0.05, 0.1) is 23.3 Å². The molecule has 1 amide bonds. The minimum Gasteiger partial charge on any atom is -0.353 e. The first-order chi connectivity index (χ1) is 12.5. The molecule has 2 aromatic heterocycles. The lowest BCUT2D eigenvalue weighted by atomic mass is 9.61. The SMILES string of the molecule is O=C(NCCn1nnc2c1CCCC2)C1(c2cccnc2)CC(F)(F)C1. The van der Waals surface area contributed by atoms with Crippen molar-refractivity contribution in [2.45, 2.75) is 56.4 Å². The van der Waals surface area contributed by atoms with Crippen molar-refractivity contribution in [2.75, 3.05) is 6.54 Å². The molecule has 0 aliphatic heterocycles. The van der Waals surface area contributed by atoms with E-state index in [2.05, 4.69) is 20.6 Å². The van der Waals surface area contributed by atoms with Gasteiger partial charge in [0.2, 0.25) is 5.91 Å². The van der Waals surface area contributed by atoms with Gasteiger partial charge in [0, 0.05) is 31.8 Å². The van der Waals surface area contributed by atoms with E-state index in [9.17, 15) is 13.6 Å². The number of nitrogens with one attached hydrogen (secondary N) is 1. The average molecular weight is 361 g/mol. The Kier molecular flexibility index (Phi) is 4.20. The summed E-state index contributed by atoms with van der Waals surface area (Å²) in [5, 5.41) is 11.2. The van der Waals surface area contributed by atoms with E-state index in [0.29, 0.717) is 18.7 Å². The highest BCUT2D eigenvalue weighted by Crippen LogP contribution is 2.53. The topological polar surface area (TPSA) is 72.7 Å². The predicted octanol–water partition coefficient (Wildman–Crippen LogP) is 2.04. The van der Waals surface area contributed by atoms with Crippen molar-refractivity contribution in [1.29, 1.82) is 0 Å². The second-order valence-electron chi connectivity index (χ2n) is 7.20. The fraction of sp³-hybridized carbons (Fsp3) is 0.556. The van der Waals surface area contributed by atoms with Gasteiger partial charge in [0.25, 0.3) is 5.92 Å². The minimum atomic E-state index is -2.81. The lowest BCUT2D eigenvalue weighted by Gasteiger charge is -2.46. The smallest absolute Gasteiger partial charge is 0.250 e. The number of amides is 1. The first kappa shape index (κ1) is 17.1. The number of fused-ring (bicyclic) bond motifs is 1. The molecule has 8 heteroatoms. The molecule has 2 heterocycles. The molecule has 26 heavy (non-hydrogen) atoms. The molecular formula is C18H21F2N5O. The molecule has 0 saturated heterocycles. The van der Waals surface area contributed by atoms with E-state index in [4.69, 9.17) is 0 Å². The maximum Gasteiger partial charge on any atom is 0.250 e. The molecular weight excluding hydrogens is 340 g/mol. The van der Waals surface area contributed by atoms with Gasteiger partial charge in [0.15, 0.2) is 0 Å². The molecule has 0 bridgehead atoms. The van der Waals surface area contributed by atoms with E-state index in [1.165, 1.54) is 6.20 Å². The number of aryl methyl sites for hydroxylation is 1. The van der Waals surface area contributed by atoms with Crippen LogP contribution < -0.4 is 5.32 Å². The Labute approximate surface area is 150 Å². The molecule has 1 fully saturated rings. The summed E-state index contributed by atoms with van der Waals surface area (Å²) in [7, 11) is 0. The molecule has 6 nitrogen and oxygen atoms in total. The Balaban J connectivity index is 1.42. The van der Waals surface area contributed by atoms with Crippen LogP contribution >= 0.6 is 0 Å². The van der Waals surface area contributed by atoms with Gasteiger partial charge >= 0.3 is 0 Å². The number of alkyl halides is 2. The van der Waals surface area contributed by atoms with Gasteiger partial charge in [-0.05, 0) is 37.3 Å². The summed E-state index contributed by atoms with van der Waals surface area (Å²) in [4.78, 5) is 16.7. The number of aromatic nitrogens is 4. The third kappa shape index (κ3) is 2.97. The average Bonchev–Trinajstić information content (AvgIpc) is 3.03. The van der Waals surface area contributed by atoms with Crippen LogP contribution in [0, 0.1) is 0 Å². The van der Waals surface area contributed by atoms with Gasteiger partial charge in [0.1, 0.15) is 0 Å². The predicted molar refractivity (Wildman–Crippen MR) is 89.8 cm³/mol. The van der Waals surface area contributed by atoms with E-state index < -0.39 is 24.2 Å². The molecule has 4 rings (SSSR count). The molecule has 0 aromatic carbocycles. The molecule has 2 aliphatic carbocycles. The van der Waals surface area contributed by atoms with Crippen molar-refractivity contribution in [2.24, 2.45) is 0 Å². The van der Waals surface area contributed by atoms with Gasteiger partial charge in [-0.1, -0.05) is 11.3 Å². The Morgan fingerprint density at radius 2 is 2.08 bits per heavy atom. The van der Waals surface area contributed by atoms with Crippen molar-refractivity contribution in [3.05, 3.63) is 41.5 Å². The maximum atomic E-state index is 13.6. The fourth-order valence-corrected chi connectivity index (χ4v) is 4.02. The van der Waals surface area contributed by atoms with E-state index in [1.54, 1.807) is 18.3 Å². The lowest BCUT2D eigenvalue weighted by molar-refractivity contribution is -0.159. The third-order valence-electron chi connectivity index (χ3n) is 5.37. The summed E-state index contributed by atoms with van der Waals surface area (Å²) in [6.45, 7) is 0.829. The standard InChI is InChI=1S/C18H21F2N5O/c19-18(20)11-17(12-18,13-4-3-7-21-10-13)16(26)22-8-9-25-15-6-2-1-5-14(15)23-24-25/h3-4,7,10H,1-2,5-6,8-9,11-12H2,(H,22,26). The molecule has 2 aromatic rings. The number of rotatable bonds is 5. The van der Waals surface area contributed by atoms with Crippen molar-refractivity contribution in [3.63, 3.8) is 0 Å². The summed E-state index contributed by atoms with van der Waals surface area (Å²) in [6.07, 6.45) is 6.26. The first-order valence-electron chi connectivity index (χ1n) is 8.98. The fourth-order valence-electron chi connectivity index (χ4n) is 4.02. The molecule has 0 spiro atoms. The van der Waals surface area contributed by atoms with E-state index >= 15 is 0 Å². The number of carbonyl (C=O) groups is 1. The Morgan fingerprint density at radius 1 is 1.27 bits per heavy atom. The van der Waals surface area contributed by atoms with Gasteiger partial charge < -0.3 is 5.32 Å². The van der Waals surface area contributed by atoms with Crippen LogP contribution in [0.3, 0.4) is 0 Å². The molecule has 0 atom stereocenters. The first-order valence-corrected chi connectivity index (χ1v) is 8.98. The molecule has 2 aliphatic rings. The number of hydrogen-bond donors (Lipinski definition) is 1. The number of hydrogen-bond acceptors (Lipinski definition) is 4. The normalized spacial score (nSPS) is 20.1. The third-order valence-corrected chi connectivity index (χ3v) is 5.37. The van der Waals surface area contributed by atoms with Crippen LogP contribution in [0.25, 0.3) is 0 Å². The number of pyridine rings is 1. The van der Waals surface area contributed by atoms with Crippen LogP contribution in [-0.2, 0) is 29.6 Å². The van der Waals surface area contributed by atoms with Crippen molar-refractivity contribution in [3.8, 4) is 0 Å². The quantitative estimate of drug-likeness (QED) is 0.885. The van der Waals surface area contributed by atoms with E-state index in [-0.39, 0.29) is 5.91 Å². The lowest BCUT2D eigenvalue weighted by Crippen LogP contribution is -2.58. The summed E-state index contributed by atoms with van der Waals surface area (Å²) in [5.74, 6) is -3.18. The second-order valence-corrected chi connectivity index (χ2v) is 7.20. The van der Waals surface area contributed by atoms with Crippen molar-refractivity contribution < 1.29 is 13.6 Å². The van der Waals surface area contributed by atoms with Crippen molar-refractivity contribution in [1.82, 2.24) is 25.3 Å². The zero-order valence-corrected chi connectivity index (χ0v) is 14.4. The molecule has 1 saturated carbocycles. The van der Waals surface area contributed by atoms with Crippen molar-refractivity contribution >= 4 is 5.91 Å². The highest BCUT2D eigenvalue weighted by Gasteiger charge is 2.61. The second kappa shape index (κ2) is 6.41. The molecule has 0 radical (unpaired) electrons. The highest BCUT2D eigenvalue weighted by atomic mass is 19.3. The molecule has 0 unspecified atom stereocenters. The van der Waals surface area contributed by atoms with Crippen LogP contribution in [0.5, 0.6) is 0 Å². The van der Waals surface area contributed by atoms with Gasteiger partial charge in [-0.2, -0.15) is 0 Å². The van der Waals surface area contributed by atoms with Crippen LogP contribution in [0.2, 0.25) is 0 Å². The van der Waals surface area contributed by atoms with Crippen LogP contribution in [0.15, 0.2) is 24.5 Å². The van der Waals surface area contributed by atoms with Gasteiger partial charge in [-0.15, -0.1) is 5.10 Å². The van der Waals surface area contributed by atoms with Gasteiger partial charge in [-0.25, -0.2) is 13.5 Å². The zero-order valence-electron chi connectivity index (χ0n) is 14.4. The Bertz CT molecular complexity index is 797. The van der Waals surface area contributed by atoms with E-state index in [1.807, 2.05) is 4.68 Å². The molecule has 1 N–H and O–H groups in total. The maximum absolute atomic E-state index is 13.6. The van der Waals surface area contributed by atoms with Crippen LogP contribution in [0.1, 0.15) is 42.6 Å². The van der Waals surface area contributed by atoms with Crippen LogP contribution in [-0.4, -0.2) is 38.4 Å². The summed E-state index contributed by atoms with van der Waals surface area (Å²) >= 11 is 0. The largest absolute Gasteiger partial charge is 0.353 e. The minimum absolute atomic E-state index is 0.336. The van der Waals surface area contributed by atoms with E-state index in [0.717, 1.165) is 37.1 Å². The molecule has 138 valence electrons. The number of halogens is 2. The summed E-state index contributed by atoms with van der Waals surface area (Å²) in [6, 6.07) is 3.36. The number of nitrogens with zero attached hydrogens (tertiary/aromatic N) is 4. The van der Waals surface area contributed by atoms with Crippen LogP contribution in [0.4, 0.5) is 8.78 Å². The Morgan fingerprint density at radius 3 is 2.81 bits per heavy atom. The Hall–Kier alpha value is -2.38. The summed E-state index contributed by atoms with van der Waals surface area (Å²) in [5.41, 5.74) is 1.51. The summed E-state index contributed by atoms with van der Waals surface area (Å²) < 4.78 is 29.0. The highest BCUT2D eigenvalue weighted by molar-refractivity contribution is 5.89. The number of carbonyl (C=O) groups excluding carboxylic acids is 1. The van der Waals surface area contributed by atoms with Gasteiger partial charge in [-0.3, -0.25) is 9.78 Å².